The second-order valence-electron chi connectivity index (χ2n) is 21.7. The second kappa shape index (κ2) is 17.6. The molecule has 0 heteroatoms. The Labute approximate surface area is 405 Å². The third kappa shape index (κ3) is 8.25. The van der Waals surface area contributed by atoms with Crippen molar-refractivity contribution in [2.24, 2.45) is 0 Å². The normalized spacial score (nSPS) is 12.2. The monoisotopic (exact) mass is 881 g/mol. The number of benzene rings is 10. The van der Waals surface area contributed by atoms with Crippen LogP contribution in [0.15, 0.2) is 194 Å². The van der Waals surface area contributed by atoms with Gasteiger partial charge in [0.1, 0.15) is 0 Å². The smallest absolute Gasteiger partial charge is 0.000139 e. The number of hydrogen-bond donors (Lipinski definition) is 0. The molecule has 0 saturated carbocycles. The molecule has 336 valence electrons. The maximum atomic E-state index is 2.50. The minimum atomic E-state index is 0.0987. The van der Waals surface area contributed by atoms with Gasteiger partial charge in [0.15, 0.2) is 0 Å². The Morgan fingerprint density at radius 3 is 0.824 bits per heavy atom. The molecule has 10 aromatic rings. The van der Waals surface area contributed by atoms with Gasteiger partial charge in [-0.05, 0) is 144 Å². The van der Waals surface area contributed by atoms with E-state index in [0.29, 0.717) is 11.8 Å². The molecule has 10 aromatic carbocycles. The standard InChI is InChI=1S/C68H64/c1-43(2)53-33-39-57-59(41-53)63(51-25-21-45(22-26-51)47-29-35-55(36-30-47)67(5,6)7)65-62(50-19-15-12-16-20-50)58-40-34-54(44(3)4)42-60(58)64(66(65)61(57)49-17-13-11-14-18-49)52-27-23-46(24-28-52)48-31-37-56(38-32-48)68(8,9)10/h11-44H,1-10H3. The molecule has 0 aliphatic carbocycles. The fraction of sp³-hybridized carbons (Fsp3) is 0.206. The summed E-state index contributed by atoms with van der Waals surface area (Å²) < 4.78 is 0. The first-order valence-electron chi connectivity index (χ1n) is 24.7. The molecule has 0 aliphatic heterocycles. The third-order valence-electron chi connectivity index (χ3n) is 14.4. The van der Waals surface area contributed by atoms with Crippen LogP contribution in [0, 0.1) is 0 Å². The maximum Gasteiger partial charge on any atom is -0.000139 e. The van der Waals surface area contributed by atoms with Crippen molar-refractivity contribution in [1.29, 1.82) is 0 Å². The molecule has 0 fully saturated rings. The van der Waals surface area contributed by atoms with Crippen LogP contribution in [0.25, 0.3) is 99.1 Å². The van der Waals surface area contributed by atoms with Gasteiger partial charge in [0.05, 0.1) is 0 Å². The van der Waals surface area contributed by atoms with E-state index in [2.05, 4.69) is 263 Å². The van der Waals surface area contributed by atoms with Gasteiger partial charge in [0.25, 0.3) is 0 Å². The molecule has 0 saturated heterocycles. The second-order valence-corrected chi connectivity index (χ2v) is 21.7. The SMILES string of the molecule is CC(C)c1ccc2c(-c3ccccc3)c3c(-c4ccc(-c5ccc(C(C)(C)C)cc5)cc4)c4cc(C(C)C)ccc4c(-c4ccccc4)c3c(-c3ccc(-c4ccc(C(C)(C)C)cc4)cc3)c2c1. The van der Waals surface area contributed by atoms with Gasteiger partial charge in [-0.25, -0.2) is 0 Å². The quantitative estimate of drug-likeness (QED) is 0.133. The summed E-state index contributed by atoms with van der Waals surface area (Å²) in [7, 11) is 0. The zero-order chi connectivity index (χ0) is 47.5. The molecule has 10 rings (SSSR count). The highest BCUT2D eigenvalue weighted by Crippen LogP contribution is 2.54. The van der Waals surface area contributed by atoms with Crippen molar-refractivity contribution in [3.8, 4) is 66.8 Å². The van der Waals surface area contributed by atoms with Crippen LogP contribution < -0.4 is 0 Å². The molecule has 0 nitrogen and oxygen atoms in total. The van der Waals surface area contributed by atoms with E-state index in [9.17, 15) is 0 Å². The minimum Gasteiger partial charge on any atom is -0.0622 e. The van der Waals surface area contributed by atoms with Crippen LogP contribution in [0.5, 0.6) is 0 Å². The molecule has 68 heavy (non-hydrogen) atoms. The summed E-state index contributed by atoms with van der Waals surface area (Å²) in [6.07, 6.45) is 0. The highest BCUT2D eigenvalue weighted by atomic mass is 14.3. The van der Waals surface area contributed by atoms with E-state index in [-0.39, 0.29) is 10.8 Å². The van der Waals surface area contributed by atoms with Crippen molar-refractivity contribution in [3.63, 3.8) is 0 Å². The van der Waals surface area contributed by atoms with E-state index in [1.54, 1.807) is 0 Å². The predicted octanol–water partition coefficient (Wildman–Crippen LogP) is 20.0. The van der Waals surface area contributed by atoms with Crippen LogP contribution in [0.4, 0.5) is 0 Å². The van der Waals surface area contributed by atoms with Crippen molar-refractivity contribution in [1.82, 2.24) is 0 Å². The van der Waals surface area contributed by atoms with Crippen molar-refractivity contribution in [2.45, 2.75) is 91.9 Å². The first kappa shape index (κ1) is 44.8. The van der Waals surface area contributed by atoms with Crippen LogP contribution in [0.2, 0.25) is 0 Å². The Hall–Kier alpha value is -7.02. The largest absolute Gasteiger partial charge is 0.0622 e. The fourth-order valence-electron chi connectivity index (χ4n) is 10.4. The summed E-state index contributed by atoms with van der Waals surface area (Å²) >= 11 is 0. The molecule has 0 atom stereocenters. The number of rotatable bonds is 8. The summed E-state index contributed by atoms with van der Waals surface area (Å²) in [4.78, 5) is 0. The molecule has 0 spiro atoms. The van der Waals surface area contributed by atoms with Gasteiger partial charge < -0.3 is 0 Å². The minimum absolute atomic E-state index is 0.0987. The van der Waals surface area contributed by atoms with Crippen LogP contribution in [0.1, 0.15) is 103 Å². The van der Waals surface area contributed by atoms with E-state index in [4.69, 9.17) is 0 Å². The molecule has 0 N–H and O–H groups in total. The lowest BCUT2D eigenvalue weighted by Gasteiger charge is -2.26. The van der Waals surface area contributed by atoms with E-state index in [1.807, 2.05) is 0 Å². The van der Waals surface area contributed by atoms with Crippen molar-refractivity contribution in [2.75, 3.05) is 0 Å². The van der Waals surface area contributed by atoms with Crippen molar-refractivity contribution in [3.05, 3.63) is 216 Å². The summed E-state index contributed by atoms with van der Waals surface area (Å²) in [5.41, 5.74) is 20.4. The summed E-state index contributed by atoms with van der Waals surface area (Å²) in [6.45, 7) is 22.9. The average Bonchev–Trinajstić information content (AvgIpc) is 3.34. The highest BCUT2D eigenvalue weighted by Gasteiger charge is 2.27. The zero-order valence-corrected chi connectivity index (χ0v) is 41.6. The summed E-state index contributed by atoms with van der Waals surface area (Å²) in [6, 6.07) is 74.1. The summed E-state index contributed by atoms with van der Waals surface area (Å²) in [5, 5.41) is 7.65. The Balaban J connectivity index is 1.37. The van der Waals surface area contributed by atoms with Crippen molar-refractivity contribution >= 4 is 32.3 Å². The average molecular weight is 881 g/mol. The lowest BCUT2D eigenvalue weighted by atomic mass is 9.76. The van der Waals surface area contributed by atoms with Gasteiger partial charge in [0.2, 0.25) is 0 Å². The summed E-state index contributed by atoms with van der Waals surface area (Å²) in [5.74, 6) is 0.722. The molecule has 0 heterocycles. The van der Waals surface area contributed by atoms with Gasteiger partial charge in [-0.15, -0.1) is 0 Å². The van der Waals surface area contributed by atoms with Gasteiger partial charge in [-0.2, -0.15) is 0 Å². The van der Waals surface area contributed by atoms with E-state index >= 15 is 0 Å². The molecule has 0 aliphatic rings. The first-order chi connectivity index (χ1) is 32.7. The molecule has 0 unspecified atom stereocenters. The fourth-order valence-corrected chi connectivity index (χ4v) is 10.4. The highest BCUT2D eigenvalue weighted by molar-refractivity contribution is 6.34. The van der Waals surface area contributed by atoms with Crippen LogP contribution in [-0.2, 0) is 10.8 Å². The topological polar surface area (TPSA) is 0 Å². The number of hydrogen-bond acceptors (Lipinski definition) is 0. The van der Waals surface area contributed by atoms with Crippen molar-refractivity contribution < 1.29 is 0 Å². The lowest BCUT2D eigenvalue weighted by molar-refractivity contribution is 0.590. The van der Waals surface area contributed by atoms with Gasteiger partial charge in [-0.3, -0.25) is 0 Å². The van der Waals surface area contributed by atoms with Crippen LogP contribution in [0.3, 0.4) is 0 Å². The van der Waals surface area contributed by atoms with E-state index in [0.717, 1.165) is 0 Å². The Bertz CT molecular complexity index is 3190. The van der Waals surface area contributed by atoms with E-state index < -0.39 is 0 Å². The molecule has 0 amide bonds. The van der Waals surface area contributed by atoms with Crippen LogP contribution >= 0.6 is 0 Å². The predicted molar refractivity (Wildman–Crippen MR) is 297 cm³/mol. The molecule has 0 bridgehead atoms. The van der Waals surface area contributed by atoms with Gasteiger partial charge in [0, 0.05) is 0 Å². The Morgan fingerprint density at radius 2 is 0.529 bits per heavy atom. The molecule has 0 aromatic heterocycles. The first-order valence-corrected chi connectivity index (χ1v) is 24.7. The molecular weight excluding hydrogens is 817 g/mol. The Kier molecular flexibility index (Phi) is 11.6. The third-order valence-corrected chi connectivity index (χ3v) is 14.4. The lowest BCUT2D eigenvalue weighted by Crippen LogP contribution is -2.10. The van der Waals surface area contributed by atoms with E-state index in [1.165, 1.54) is 121 Å². The van der Waals surface area contributed by atoms with Gasteiger partial charge in [-0.1, -0.05) is 263 Å². The molecule has 0 radical (unpaired) electrons. The number of fused-ring (bicyclic) bond motifs is 3. The zero-order valence-electron chi connectivity index (χ0n) is 41.6. The Morgan fingerprint density at radius 1 is 0.265 bits per heavy atom. The molecular formula is C68H64. The maximum absolute atomic E-state index is 2.50. The van der Waals surface area contributed by atoms with Gasteiger partial charge >= 0.3 is 0 Å². The van der Waals surface area contributed by atoms with Crippen LogP contribution in [-0.4, -0.2) is 0 Å².